The van der Waals surface area contributed by atoms with Crippen LogP contribution in [0.25, 0.3) is 22.0 Å². The van der Waals surface area contributed by atoms with Crippen LogP contribution < -0.4 is 14.9 Å². The number of nitrogens with zero attached hydrogens (tertiary/aromatic N) is 1. The number of halogens is 1. The Bertz CT molecular complexity index is 1660. The van der Waals surface area contributed by atoms with Crippen LogP contribution in [0.15, 0.2) is 102 Å². The lowest BCUT2D eigenvalue weighted by atomic mass is 10.0. The summed E-state index contributed by atoms with van der Waals surface area (Å²) in [7, 11) is 0. The summed E-state index contributed by atoms with van der Waals surface area (Å²) in [6.45, 7) is 2.17. The first-order valence-corrected chi connectivity index (χ1v) is 12.3. The van der Waals surface area contributed by atoms with Gasteiger partial charge in [0.1, 0.15) is 11.5 Å². The molecule has 0 radical (unpaired) electrons. The Morgan fingerprint density at radius 1 is 0.923 bits per heavy atom. The highest BCUT2D eigenvalue weighted by atomic mass is 19.1. The molecule has 8 heteroatoms. The Hall–Kier alpha value is -5.24. The first kappa shape index (κ1) is 25.4. The number of aromatic amines is 1. The van der Waals surface area contributed by atoms with Crippen LogP contribution in [0.5, 0.6) is 11.5 Å². The fraction of sp³-hybridized carbons (Fsp3) is 0.0645. The Morgan fingerprint density at radius 3 is 2.41 bits per heavy atom. The Morgan fingerprint density at radius 2 is 1.67 bits per heavy atom. The summed E-state index contributed by atoms with van der Waals surface area (Å²) in [5.74, 6) is -0.869. The number of amides is 1. The van der Waals surface area contributed by atoms with E-state index < -0.39 is 17.7 Å². The van der Waals surface area contributed by atoms with E-state index in [1.165, 1.54) is 12.3 Å². The predicted molar refractivity (Wildman–Crippen MR) is 148 cm³/mol. The summed E-state index contributed by atoms with van der Waals surface area (Å²) in [6, 6.07) is 27.6. The molecule has 1 aromatic heterocycles. The van der Waals surface area contributed by atoms with Crippen molar-refractivity contribution in [1.82, 2.24) is 10.4 Å². The lowest BCUT2D eigenvalue weighted by Gasteiger charge is -2.11. The normalized spacial score (nSPS) is 11.0. The van der Waals surface area contributed by atoms with E-state index >= 15 is 0 Å². The van der Waals surface area contributed by atoms with Crippen LogP contribution in [0, 0.1) is 5.82 Å². The van der Waals surface area contributed by atoms with Crippen molar-refractivity contribution in [2.75, 3.05) is 6.61 Å². The number of rotatable bonds is 8. The molecule has 0 fully saturated rings. The van der Waals surface area contributed by atoms with Gasteiger partial charge in [-0.25, -0.2) is 14.6 Å². The van der Waals surface area contributed by atoms with E-state index in [4.69, 9.17) is 9.47 Å². The first-order valence-electron chi connectivity index (χ1n) is 12.3. The summed E-state index contributed by atoms with van der Waals surface area (Å²) >= 11 is 0. The topological polar surface area (TPSA) is 92.8 Å². The molecule has 4 aromatic carbocycles. The number of para-hydroxylation sites is 1. The Balaban J connectivity index is 1.37. The van der Waals surface area contributed by atoms with E-state index in [9.17, 15) is 14.0 Å². The second-order valence-corrected chi connectivity index (χ2v) is 8.50. The van der Waals surface area contributed by atoms with Crippen molar-refractivity contribution >= 4 is 29.0 Å². The lowest BCUT2D eigenvalue weighted by Crippen LogP contribution is -2.19. The summed E-state index contributed by atoms with van der Waals surface area (Å²) in [4.78, 5) is 28.5. The highest BCUT2D eigenvalue weighted by Crippen LogP contribution is 2.33. The quantitative estimate of drug-likeness (QED) is 0.108. The number of benzene rings is 4. The Kier molecular flexibility index (Phi) is 7.45. The third kappa shape index (κ3) is 5.55. The van der Waals surface area contributed by atoms with Crippen LogP contribution in [0.2, 0.25) is 0 Å². The molecular formula is C31H24FN3O4. The van der Waals surface area contributed by atoms with Gasteiger partial charge < -0.3 is 14.5 Å². The molecule has 1 amide bonds. The van der Waals surface area contributed by atoms with Crippen molar-refractivity contribution in [1.29, 1.82) is 0 Å². The average Bonchev–Trinajstić information content (AvgIpc) is 3.36. The molecule has 0 aliphatic rings. The van der Waals surface area contributed by atoms with Gasteiger partial charge in [-0.1, -0.05) is 60.7 Å². The zero-order chi connectivity index (χ0) is 27.2. The fourth-order valence-electron chi connectivity index (χ4n) is 4.17. The number of carbonyl (C=O) groups is 2. The minimum absolute atomic E-state index is 0.191. The largest absolute Gasteiger partial charge is 0.490 e. The van der Waals surface area contributed by atoms with Crippen molar-refractivity contribution in [3.63, 3.8) is 0 Å². The molecule has 5 rings (SSSR count). The SMILES string of the molecule is CCOc1cc(C=NNC(=O)c2[nH]c3c(F)cccc3c2-c2ccccc2)ccc1OC(=O)c1ccccc1. The van der Waals surface area contributed by atoms with Crippen LogP contribution in [-0.4, -0.2) is 29.7 Å². The number of fused-ring (bicyclic) bond motifs is 1. The number of hydrogen-bond donors (Lipinski definition) is 2. The standard InChI is InChI=1S/C31H24FN3O4/c1-2-38-26-18-20(16-17-25(26)39-31(37)22-12-7-4-8-13-22)19-33-35-30(36)29-27(21-10-5-3-6-11-21)23-14-9-15-24(32)28(23)34-29/h3-19,34H,2H2,1H3,(H,35,36). The molecule has 0 aliphatic carbocycles. The first-order chi connectivity index (χ1) is 19.0. The zero-order valence-electron chi connectivity index (χ0n) is 21.0. The molecule has 0 atom stereocenters. The van der Waals surface area contributed by atoms with Gasteiger partial charge in [0.05, 0.1) is 23.9 Å². The van der Waals surface area contributed by atoms with Crippen molar-refractivity contribution in [3.05, 3.63) is 120 Å². The second-order valence-electron chi connectivity index (χ2n) is 8.50. The van der Waals surface area contributed by atoms with Crippen molar-refractivity contribution in [2.24, 2.45) is 5.10 Å². The highest BCUT2D eigenvalue weighted by Gasteiger charge is 2.20. The van der Waals surface area contributed by atoms with E-state index in [-0.39, 0.29) is 17.0 Å². The maximum Gasteiger partial charge on any atom is 0.343 e. The van der Waals surface area contributed by atoms with Gasteiger partial charge in [-0.05, 0) is 54.4 Å². The molecule has 0 saturated carbocycles. The van der Waals surface area contributed by atoms with E-state index in [0.717, 1.165) is 5.56 Å². The van der Waals surface area contributed by atoms with Gasteiger partial charge in [-0.2, -0.15) is 5.10 Å². The van der Waals surface area contributed by atoms with Crippen molar-refractivity contribution in [3.8, 4) is 22.6 Å². The van der Waals surface area contributed by atoms with Gasteiger partial charge in [0, 0.05) is 10.9 Å². The smallest absolute Gasteiger partial charge is 0.343 e. The molecule has 1 heterocycles. The van der Waals surface area contributed by atoms with Crippen LogP contribution in [0.3, 0.4) is 0 Å². The molecule has 0 saturated heterocycles. The molecule has 2 N–H and O–H groups in total. The number of ether oxygens (including phenoxy) is 2. The van der Waals surface area contributed by atoms with E-state index in [1.54, 1.807) is 54.6 Å². The van der Waals surface area contributed by atoms with Gasteiger partial charge in [0.2, 0.25) is 0 Å². The summed E-state index contributed by atoms with van der Waals surface area (Å²) < 4.78 is 25.7. The molecule has 194 valence electrons. The van der Waals surface area contributed by atoms with Gasteiger partial charge in [-0.15, -0.1) is 0 Å². The lowest BCUT2D eigenvalue weighted by molar-refractivity contribution is 0.0728. The molecule has 0 aliphatic heterocycles. The van der Waals surface area contributed by atoms with Crippen LogP contribution in [0.4, 0.5) is 4.39 Å². The van der Waals surface area contributed by atoms with Gasteiger partial charge >= 0.3 is 5.97 Å². The number of esters is 1. The molecule has 7 nitrogen and oxygen atoms in total. The zero-order valence-corrected chi connectivity index (χ0v) is 21.0. The molecule has 0 bridgehead atoms. The second kappa shape index (κ2) is 11.4. The van der Waals surface area contributed by atoms with E-state index in [0.29, 0.717) is 34.4 Å². The molecule has 0 unspecified atom stereocenters. The Labute approximate surface area is 223 Å². The van der Waals surface area contributed by atoms with Crippen LogP contribution in [-0.2, 0) is 0 Å². The van der Waals surface area contributed by atoms with Gasteiger partial charge in [-0.3, -0.25) is 4.79 Å². The van der Waals surface area contributed by atoms with E-state index in [1.807, 2.05) is 43.3 Å². The molecule has 0 spiro atoms. The number of hydrogen-bond acceptors (Lipinski definition) is 5. The summed E-state index contributed by atoms with van der Waals surface area (Å²) in [5.41, 5.74) is 5.31. The van der Waals surface area contributed by atoms with Crippen LogP contribution >= 0.6 is 0 Å². The summed E-state index contributed by atoms with van der Waals surface area (Å²) in [5, 5.41) is 4.68. The van der Waals surface area contributed by atoms with E-state index in [2.05, 4.69) is 15.5 Å². The highest BCUT2D eigenvalue weighted by molar-refractivity contribution is 6.10. The monoisotopic (exact) mass is 521 g/mol. The average molecular weight is 522 g/mol. The van der Waals surface area contributed by atoms with Gasteiger partial charge in [0.15, 0.2) is 11.5 Å². The van der Waals surface area contributed by atoms with Crippen LogP contribution in [0.1, 0.15) is 33.3 Å². The van der Waals surface area contributed by atoms with Gasteiger partial charge in [0.25, 0.3) is 5.91 Å². The number of H-pyrrole nitrogens is 1. The molecule has 5 aromatic rings. The predicted octanol–water partition coefficient (Wildman–Crippen LogP) is 6.36. The number of carbonyl (C=O) groups excluding carboxylic acids is 2. The minimum Gasteiger partial charge on any atom is -0.490 e. The molecular weight excluding hydrogens is 497 g/mol. The number of nitrogens with one attached hydrogen (secondary N) is 2. The number of hydrazone groups is 1. The maximum atomic E-state index is 14.5. The molecule has 39 heavy (non-hydrogen) atoms. The third-order valence-electron chi connectivity index (χ3n) is 5.93. The number of aromatic nitrogens is 1. The van der Waals surface area contributed by atoms with Crippen molar-refractivity contribution < 1.29 is 23.5 Å². The third-order valence-corrected chi connectivity index (χ3v) is 5.93. The minimum atomic E-state index is -0.529. The summed E-state index contributed by atoms with van der Waals surface area (Å²) in [6.07, 6.45) is 1.44. The maximum absolute atomic E-state index is 14.5. The van der Waals surface area contributed by atoms with Crippen molar-refractivity contribution in [2.45, 2.75) is 6.92 Å². The fourth-order valence-corrected chi connectivity index (χ4v) is 4.17.